The molecule has 1 amide bonds. The minimum absolute atomic E-state index is 0.148. The van der Waals surface area contributed by atoms with E-state index in [2.05, 4.69) is 15.6 Å². The van der Waals surface area contributed by atoms with Gasteiger partial charge in [-0.05, 0) is 31.5 Å². The lowest BCUT2D eigenvalue weighted by Gasteiger charge is -2.21. The fourth-order valence-corrected chi connectivity index (χ4v) is 3.03. The third-order valence-electron chi connectivity index (χ3n) is 4.63. The highest BCUT2D eigenvalue weighted by Crippen LogP contribution is 2.33. The monoisotopic (exact) mass is 437 g/mol. The van der Waals surface area contributed by atoms with Crippen molar-refractivity contribution in [2.24, 2.45) is 0 Å². The van der Waals surface area contributed by atoms with Crippen molar-refractivity contribution < 1.29 is 24.5 Å². The summed E-state index contributed by atoms with van der Waals surface area (Å²) in [7, 11) is 0. The fraction of sp³-hybridized carbons (Fsp3) is 0.292. The Balaban J connectivity index is 1.86. The third kappa shape index (κ3) is 6.68. The molecule has 0 saturated heterocycles. The Labute approximate surface area is 186 Å². The molecule has 0 aliphatic carbocycles. The summed E-state index contributed by atoms with van der Waals surface area (Å²) in [6.45, 7) is 4.00. The molecule has 8 heteroatoms. The number of nitrogens with zero attached hydrogens (tertiary/aromatic N) is 1. The van der Waals surface area contributed by atoms with Gasteiger partial charge in [0, 0.05) is 24.4 Å². The number of hydrogen-bond acceptors (Lipinski definition) is 6. The van der Waals surface area contributed by atoms with Crippen LogP contribution in [0.1, 0.15) is 32.3 Å². The van der Waals surface area contributed by atoms with E-state index < -0.39 is 17.5 Å². The Kier molecular flexibility index (Phi) is 7.27. The Morgan fingerprint density at radius 2 is 1.84 bits per heavy atom. The van der Waals surface area contributed by atoms with E-state index in [1.54, 1.807) is 13.8 Å². The number of carbonyl (C=O) groups excluding carboxylic acids is 1. The molecule has 32 heavy (non-hydrogen) atoms. The van der Waals surface area contributed by atoms with Gasteiger partial charge in [0.25, 0.3) is 0 Å². The maximum absolute atomic E-state index is 12.2. The van der Waals surface area contributed by atoms with Gasteiger partial charge < -0.3 is 25.6 Å². The first kappa shape index (κ1) is 23.0. The summed E-state index contributed by atoms with van der Waals surface area (Å²) >= 11 is 0. The molecule has 0 fully saturated rings. The summed E-state index contributed by atoms with van der Waals surface area (Å²) in [5, 5.41) is 25.6. The number of nitrogens with one attached hydrogen (secondary N) is 2. The van der Waals surface area contributed by atoms with E-state index in [0.29, 0.717) is 29.2 Å². The van der Waals surface area contributed by atoms with Gasteiger partial charge in [0.1, 0.15) is 12.4 Å². The van der Waals surface area contributed by atoms with Crippen LogP contribution in [0.2, 0.25) is 0 Å². The number of ether oxygens (including phenoxy) is 1. The van der Waals surface area contributed by atoms with Gasteiger partial charge in [-0.2, -0.15) is 0 Å². The molecule has 0 bridgehead atoms. The molecule has 8 nitrogen and oxygen atoms in total. The molecule has 4 N–H and O–H groups in total. The summed E-state index contributed by atoms with van der Waals surface area (Å²) in [6.07, 6.45) is 1.10. The number of carboxylic acid groups (broad SMARTS) is 1. The molecule has 2 aromatic carbocycles. The lowest BCUT2D eigenvalue weighted by Crippen LogP contribution is -2.29. The summed E-state index contributed by atoms with van der Waals surface area (Å²) < 4.78 is 5.88. The average Bonchev–Trinajstić information content (AvgIpc) is 2.75. The quantitative estimate of drug-likeness (QED) is 0.381. The van der Waals surface area contributed by atoms with E-state index in [9.17, 15) is 14.7 Å². The zero-order valence-electron chi connectivity index (χ0n) is 18.1. The number of fused-ring (bicyclic) bond motifs is 1. The van der Waals surface area contributed by atoms with E-state index in [1.807, 2.05) is 48.5 Å². The first-order chi connectivity index (χ1) is 15.2. The average molecular weight is 437 g/mol. The van der Waals surface area contributed by atoms with Gasteiger partial charge in [-0.25, -0.2) is 0 Å². The van der Waals surface area contributed by atoms with Crippen LogP contribution in [0, 0.1) is 0 Å². The van der Waals surface area contributed by atoms with Gasteiger partial charge in [-0.3, -0.25) is 14.6 Å². The van der Waals surface area contributed by atoms with Crippen molar-refractivity contribution in [1.29, 1.82) is 0 Å². The lowest BCUT2D eigenvalue weighted by molar-refractivity contribution is -0.138. The van der Waals surface area contributed by atoms with Gasteiger partial charge >= 0.3 is 5.97 Å². The zero-order valence-corrected chi connectivity index (χ0v) is 18.1. The second-order valence-corrected chi connectivity index (χ2v) is 8.11. The number of pyridine rings is 1. The summed E-state index contributed by atoms with van der Waals surface area (Å²) in [5.74, 6) is -0.816. The van der Waals surface area contributed by atoms with Crippen molar-refractivity contribution in [1.82, 2.24) is 4.98 Å². The van der Waals surface area contributed by atoms with Gasteiger partial charge in [0.2, 0.25) is 5.91 Å². The van der Waals surface area contributed by atoms with Crippen LogP contribution in [-0.4, -0.2) is 39.2 Å². The highest BCUT2D eigenvalue weighted by molar-refractivity contribution is 6.03. The van der Waals surface area contributed by atoms with Gasteiger partial charge in [0.15, 0.2) is 0 Å². The molecule has 3 rings (SSSR count). The molecule has 0 radical (unpaired) electrons. The van der Waals surface area contributed by atoms with Gasteiger partial charge in [-0.1, -0.05) is 30.3 Å². The lowest BCUT2D eigenvalue weighted by atomic mass is 10.1. The Morgan fingerprint density at radius 3 is 2.53 bits per heavy atom. The summed E-state index contributed by atoms with van der Waals surface area (Å²) in [6, 6.07) is 15.3. The molecule has 0 spiro atoms. The number of benzene rings is 2. The second-order valence-electron chi connectivity index (χ2n) is 8.11. The number of anilines is 2. The van der Waals surface area contributed by atoms with E-state index in [1.165, 1.54) is 6.20 Å². The second kappa shape index (κ2) is 10.1. The van der Waals surface area contributed by atoms with Crippen LogP contribution in [0.15, 0.2) is 54.7 Å². The van der Waals surface area contributed by atoms with Crippen LogP contribution in [-0.2, 0) is 16.2 Å². The van der Waals surface area contributed by atoms with E-state index in [0.717, 1.165) is 10.9 Å². The Morgan fingerprint density at radius 1 is 1.09 bits per heavy atom. The van der Waals surface area contributed by atoms with Crippen LogP contribution in [0.5, 0.6) is 5.75 Å². The van der Waals surface area contributed by atoms with Crippen LogP contribution < -0.4 is 15.4 Å². The standard InChI is InChI=1S/C24H27N3O5/c1-24(2,31)15-26-23-18-9-8-17(32-14-16-6-4-3-5-7-16)12-19(18)25-13-20(23)27-21(28)10-11-22(29)30/h3-9,12-13,31H,10-11,14-15H2,1-2H3,(H,25,26)(H,27,28)(H,29,30). The number of aromatic nitrogens is 1. The predicted molar refractivity (Wildman–Crippen MR) is 123 cm³/mol. The molecule has 0 atom stereocenters. The molecular weight excluding hydrogens is 410 g/mol. The summed E-state index contributed by atoms with van der Waals surface area (Å²) in [4.78, 5) is 27.4. The fourth-order valence-electron chi connectivity index (χ4n) is 3.03. The zero-order chi connectivity index (χ0) is 23.1. The normalized spacial score (nSPS) is 11.2. The molecule has 0 saturated carbocycles. The largest absolute Gasteiger partial charge is 0.489 e. The number of amides is 1. The first-order valence-corrected chi connectivity index (χ1v) is 10.3. The number of aliphatic carboxylic acids is 1. The van der Waals surface area contributed by atoms with Crippen molar-refractivity contribution in [3.63, 3.8) is 0 Å². The number of aliphatic hydroxyl groups is 1. The van der Waals surface area contributed by atoms with Crippen LogP contribution in [0.3, 0.4) is 0 Å². The first-order valence-electron chi connectivity index (χ1n) is 10.3. The smallest absolute Gasteiger partial charge is 0.303 e. The molecule has 168 valence electrons. The number of rotatable bonds is 10. The van der Waals surface area contributed by atoms with E-state index >= 15 is 0 Å². The molecule has 3 aromatic rings. The van der Waals surface area contributed by atoms with Crippen molar-refractivity contribution in [2.75, 3.05) is 17.2 Å². The minimum atomic E-state index is -1.04. The number of carbonyl (C=O) groups is 2. The van der Waals surface area contributed by atoms with Crippen molar-refractivity contribution >= 4 is 34.2 Å². The molecular formula is C24H27N3O5. The third-order valence-corrected chi connectivity index (χ3v) is 4.63. The Bertz CT molecular complexity index is 1090. The van der Waals surface area contributed by atoms with Crippen LogP contribution in [0.4, 0.5) is 11.4 Å². The molecule has 0 aliphatic rings. The van der Waals surface area contributed by atoms with Crippen molar-refractivity contribution in [3.05, 3.63) is 60.3 Å². The van der Waals surface area contributed by atoms with Crippen molar-refractivity contribution in [2.45, 2.75) is 38.9 Å². The van der Waals surface area contributed by atoms with Crippen LogP contribution in [0.25, 0.3) is 10.9 Å². The van der Waals surface area contributed by atoms with Gasteiger partial charge in [0.05, 0.1) is 35.1 Å². The minimum Gasteiger partial charge on any atom is -0.489 e. The maximum Gasteiger partial charge on any atom is 0.303 e. The highest BCUT2D eigenvalue weighted by Gasteiger charge is 2.17. The molecule has 0 unspecified atom stereocenters. The topological polar surface area (TPSA) is 121 Å². The predicted octanol–water partition coefficient (Wildman–Crippen LogP) is 3.80. The SMILES string of the molecule is CC(C)(O)CNc1c(NC(=O)CCC(=O)O)cnc2cc(OCc3ccccc3)ccc12. The van der Waals surface area contributed by atoms with Gasteiger partial charge in [-0.15, -0.1) is 0 Å². The molecule has 1 aromatic heterocycles. The van der Waals surface area contributed by atoms with E-state index in [-0.39, 0.29) is 19.4 Å². The highest BCUT2D eigenvalue weighted by atomic mass is 16.5. The number of hydrogen-bond donors (Lipinski definition) is 4. The number of carboxylic acids is 1. The van der Waals surface area contributed by atoms with Crippen molar-refractivity contribution in [3.8, 4) is 5.75 Å². The molecule has 1 heterocycles. The van der Waals surface area contributed by atoms with E-state index in [4.69, 9.17) is 9.84 Å². The summed E-state index contributed by atoms with van der Waals surface area (Å²) in [5.41, 5.74) is 1.72. The van der Waals surface area contributed by atoms with Crippen LogP contribution >= 0.6 is 0 Å². The Hall–Kier alpha value is -3.65. The molecule has 0 aliphatic heterocycles. The maximum atomic E-state index is 12.2.